The zero-order chi connectivity index (χ0) is 18.7. The number of methoxy groups -OCH3 is 1. The number of nitrogens with one attached hydrogen (secondary N) is 1. The molecule has 5 nitrogen and oxygen atoms in total. The first-order chi connectivity index (χ1) is 12.5. The molecule has 1 aliphatic heterocycles. The Morgan fingerprint density at radius 1 is 1.19 bits per heavy atom. The summed E-state index contributed by atoms with van der Waals surface area (Å²) < 4.78 is 34.7. The van der Waals surface area contributed by atoms with E-state index in [1.54, 1.807) is 23.1 Å². The van der Waals surface area contributed by atoms with Crippen molar-refractivity contribution in [2.24, 2.45) is 0 Å². The van der Waals surface area contributed by atoms with Crippen LogP contribution in [0.1, 0.15) is 35.4 Å². The highest BCUT2D eigenvalue weighted by Crippen LogP contribution is 2.37. The number of carbonyl (C=O) groups is 1. The monoisotopic (exact) mass is 362 g/mol. The zero-order valence-corrected chi connectivity index (χ0v) is 14.5. The number of ether oxygens (including phenoxy) is 2. The number of rotatable bonds is 6. The van der Waals surface area contributed by atoms with Crippen molar-refractivity contribution < 1.29 is 23.0 Å². The van der Waals surface area contributed by atoms with E-state index >= 15 is 0 Å². The van der Waals surface area contributed by atoms with Crippen LogP contribution in [0.4, 0.5) is 14.5 Å². The van der Waals surface area contributed by atoms with Crippen LogP contribution in [0.15, 0.2) is 42.5 Å². The quantitative estimate of drug-likeness (QED) is 0.834. The first kappa shape index (κ1) is 18.0. The van der Waals surface area contributed by atoms with Gasteiger partial charge in [-0.3, -0.25) is 4.79 Å². The van der Waals surface area contributed by atoms with E-state index in [-0.39, 0.29) is 17.4 Å². The minimum atomic E-state index is -2.94. The molecule has 138 valence electrons. The summed E-state index contributed by atoms with van der Waals surface area (Å²) in [6.45, 7) is -0.388. The molecule has 0 unspecified atom stereocenters. The molecule has 0 aromatic heterocycles. The second-order valence-electron chi connectivity index (χ2n) is 5.88. The lowest BCUT2D eigenvalue weighted by Gasteiger charge is -2.38. The maximum Gasteiger partial charge on any atom is 0.387 e. The molecule has 1 aliphatic rings. The van der Waals surface area contributed by atoms with Crippen molar-refractivity contribution in [3.8, 4) is 11.5 Å². The molecule has 26 heavy (non-hydrogen) atoms. The van der Waals surface area contributed by atoms with Gasteiger partial charge in [0.25, 0.3) is 5.91 Å². The second kappa shape index (κ2) is 7.59. The molecule has 0 aliphatic carbocycles. The smallest absolute Gasteiger partial charge is 0.387 e. The molecule has 0 spiro atoms. The Labute approximate surface area is 150 Å². The van der Waals surface area contributed by atoms with Gasteiger partial charge in [0.2, 0.25) is 0 Å². The molecule has 0 radical (unpaired) electrons. The number of fused-ring (bicyclic) bond motifs is 1. The van der Waals surface area contributed by atoms with E-state index < -0.39 is 12.8 Å². The maximum atomic E-state index is 12.9. The standard InChI is InChI=1S/C19H20F2N2O3/c1-3-10-23-17(22-14-7-5-4-6-13(14)18(23)24)12-8-9-15(26-19(20)21)16(11-12)25-2/h4-9,11,17,19,22H,3,10H2,1-2H3/t17-/m1/s1. The lowest BCUT2D eigenvalue weighted by molar-refractivity contribution is -0.0512. The van der Waals surface area contributed by atoms with E-state index in [1.807, 2.05) is 25.1 Å². The fourth-order valence-corrected chi connectivity index (χ4v) is 3.08. The van der Waals surface area contributed by atoms with Crippen LogP contribution in [0.3, 0.4) is 0 Å². The third-order valence-corrected chi connectivity index (χ3v) is 4.21. The van der Waals surface area contributed by atoms with Gasteiger partial charge in [0, 0.05) is 12.2 Å². The van der Waals surface area contributed by atoms with Crippen molar-refractivity contribution >= 4 is 11.6 Å². The number of alkyl halides is 2. The van der Waals surface area contributed by atoms with Crippen molar-refractivity contribution in [3.05, 3.63) is 53.6 Å². The second-order valence-corrected chi connectivity index (χ2v) is 5.88. The molecule has 1 amide bonds. The van der Waals surface area contributed by atoms with Crippen molar-refractivity contribution in [2.45, 2.75) is 26.1 Å². The molecule has 0 saturated carbocycles. The largest absolute Gasteiger partial charge is 0.493 e. The minimum absolute atomic E-state index is 0.0455. The molecular formula is C19H20F2N2O3. The molecule has 1 heterocycles. The van der Waals surface area contributed by atoms with Gasteiger partial charge in [-0.2, -0.15) is 8.78 Å². The van der Waals surface area contributed by atoms with Crippen LogP contribution in [0.25, 0.3) is 0 Å². The Kier molecular flexibility index (Phi) is 5.25. The number of hydrogen-bond donors (Lipinski definition) is 1. The normalized spacial score (nSPS) is 16.3. The Bertz CT molecular complexity index is 798. The topological polar surface area (TPSA) is 50.8 Å². The number of carbonyl (C=O) groups excluding carboxylic acids is 1. The van der Waals surface area contributed by atoms with E-state index in [0.717, 1.165) is 17.7 Å². The molecule has 1 N–H and O–H groups in total. The molecule has 0 bridgehead atoms. The van der Waals surface area contributed by atoms with Crippen LogP contribution >= 0.6 is 0 Å². The number of halogens is 2. The Morgan fingerprint density at radius 2 is 1.96 bits per heavy atom. The van der Waals surface area contributed by atoms with Gasteiger partial charge in [0.1, 0.15) is 6.17 Å². The third kappa shape index (κ3) is 3.42. The molecule has 0 fully saturated rings. The van der Waals surface area contributed by atoms with Crippen LogP contribution in [0.5, 0.6) is 11.5 Å². The van der Waals surface area contributed by atoms with Crippen LogP contribution in [0.2, 0.25) is 0 Å². The number of para-hydroxylation sites is 1. The predicted molar refractivity (Wildman–Crippen MR) is 93.8 cm³/mol. The average Bonchev–Trinajstić information content (AvgIpc) is 2.64. The number of anilines is 1. The van der Waals surface area contributed by atoms with Gasteiger partial charge in [-0.05, 0) is 36.2 Å². The maximum absolute atomic E-state index is 12.9. The molecule has 0 saturated heterocycles. The highest BCUT2D eigenvalue weighted by atomic mass is 19.3. The molecule has 7 heteroatoms. The first-order valence-corrected chi connectivity index (χ1v) is 8.34. The molecule has 2 aromatic carbocycles. The zero-order valence-electron chi connectivity index (χ0n) is 14.5. The van der Waals surface area contributed by atoms with Gasteiger partial charge in [-0.15, -0.1) is 0 Å². The van der Waals surface area contributed by atoms with Gasteiger partial charge in [-0.1, -0.05) is 25.1 Å². The summed E-state index contributed by atoms with van der Waals surface area (Å²) in [5, 5.41) is 3.35. The van der Waals surface area contributed by atoms with Crippen molar-refractivity contribution in [2.75, 3.05) is 19.0 Å². The fourth-order valence-electron chi connectivity index (χ4n) is 3.08. The van der Waals surface area contributed by atoms with Gasteiger partial charge >= 0.3 is 6.61 Å². The lowest BCUT2D eigenvalue weighted by Crippen LogP contribution is -2.43. The summed E-state index contributed by atoms with van der Waals surface area (Å²) in [6, 6.07) is 12.0. The summed E-state index contributed by atoms with van der Waals surface area (Å²) >= 11 is 0. The summed E-state index contributed by atoms with van der Waals surface area (Å²) in [4.78, 5) is 14.6. The Morgan fingerprint density at radius 3 is 2.65 bits per heavy atom. The van der Waals surface area contributed by atoms with Gasteiger partial charge in [0.05, 0.1) is 12.7 Å². The van der Waals surface area contributed by atoms with Gasteiger partial charge in [0.15, 0.2) is 11.5 Å². The minimum Gasteiger partial charge on any atom is -0.493 e. The summed E-state index contributed by atoms with van der Waals surface area (Å²) in [6.07, 6.45) is 0.363. The predicted octanol–water partition coefficient (Wildman–Crippen LogP) is 4.27. The third-order valence-electron chi connectivity index (χ3n) is 4.21. The van der Waals surface area contributed by atoms with E-state index in [2.05, 4.69) is 10.1 Å². The number of nitrogens with zero attached hydrogens (tertiary/aromatic N) is 1. The summed E-state index contributed by atoms with van der Waals surface area (Å²) in [7, 11) is 1.38. The van der Waals surface area contributed by atoms with E-state index in [9.17, 15) is 13.6 Å². The summed E-state index contributed by atoms with van der Waals surface area (Å²) in [5.41, 5.74) is 2.07. The van der Waals surface area contributed by atoms with Gasteiger partial charge < -0.3 is 19.7 Å². The fraction of sp³-hybridized carbons (Fsp3) is 0.316. The lowest BCUT2D eigenvalue weighted by atomic mass is 10.0. The van der Waals surface area contributed by atoms with Crippen molar-refractivity contribution in [1.82, 2.24) is 4.90 Å². The van der Waals surface area contributed by atoms with Gasteiger partial charge in [-0.25, -0.2) is 0 Å². The Balaban J connectivity index is 1.99. The Hall–Kier alpha value is -2.83. The van der Waals surface area contributed by atoms with Crippen LogP contribution in [0, 0.1) is 0 Å². The summed E-state index contributed by atoms with van der Waals surface area (Å²) in [5.74, 6) is 0.0706. The first-order valence-electron chi connectivity index (χ1n) is 8.34. The number of benzene rings is 2. The van der Waals surface area contributed by atoms with Crippen LogP contribution in [-0.2, 0) is 0 Å². The molecule has 1 atom stereocenters. The molecular weight excluding hydrogens is 342 g/mol. The number of hydrogen-bond acceptors (Lipinski definition) is 4. The molecule has 3 rings (SSSR count). The highest BCUT2D eigenvalue weighted by Gasteiger charge is 2.32. The average molecular weight is 362 g/mol. The van der Waals surface area contributed by atoms with E-state index in [4.69, 9.17) is 4.74 Å². The molecule has 2 aromatic rings. The number of amides is 1. The SMILES string of the molecule is CCCN1C(=O)c2ccccc2N[C@H]1c1ccc(OC(F)F)c(OC)c1. The van der Waals surface area contributed by atoms with Crippen LogP contribution in [-0.4, -0.2) is 31.1 Å². The van der Waals surface area contributed by atoms with Crippen molar-refractivity contribution in [3.63, 3.8) is 0 Å². The van der Waals surface area contributed by atoms with Crippen LogP contribution < -0.4 is 14.8 Å². The van der Waals surface area contributed by atoms with E-state index in [0.29, 0.717) is 12.1 Å². The van der Waals surface area contributed by atoms with Crippen molar-refractivity contribution in [1.29, 1.82) is 0 Å². The highest BCUT2D eigenvalue weighted by molar-refractivity contribution is 6.01. The van der Waals surface area contributed by atoms with E-state index in [1.165, 1.54) is 13.2 Å².